The average Bonchev–Trinajstić information content (AvgIpc) is 2.42. The van der Waals surface area contributed by atoms with Crippen LogP contribution in [0.5, 0.6) is 0 Å². The Labute approximate surface area is 116 Å². The molecule has 19 heavy (non-hydrogen) atoms. The fourth-order valence-corrected chi connectivity index (χ4v) is 1.84. The Bertz CT molecular complexity index is 572. The summed E-state index contributed by atoms with van der Waals surface area (Å²) in [5, 5.41) is 3.29. The number of nitrogens with zero attached hydrogens (tertiary/aromatic N) is 1. The highest BCUT2D eigenvalue weighted by Crippen LogP contribution is 2.17. The fourth-order valence-electron chi connectivity index (χ4n) is 1.67. The molecular weight excluding hydrogens is 262 g/mol. The van der Waals surface area contributed by atoms with E-state index < -0.39 is 0 Å². The Balaban J connectivity index is 1.93. The van der Waals surface area contributed by atoms with E-state index in [0.29, 0.717) is 29.2 Å². The van der Waals surface area contributed by atoms with Gasteiger partial charge in [-0.3, -0.25) is 9.78 Å². The molecule has 1 aromatic heterocycles. The summed E-state index contributed by atoms with van der Waals surface area (Å²) in [5.74, 6) is -0.226. The van der Waals surface area contributed by atoms with Crippen LogP contribution in [0.1, 0.15) is 16.1 Å². The number of benzene rings is 1. The minimum absolute atomic E-state index is 0.226. The summed E-state index contributed by atoms with van der Waals surface area (Å²) in [6, 6.07) is 10.5. The summed E-state index contributed by atoms with van der Waals surface area (Å²) in [4.78, 5) is 16.1. The van der Waals surface area contributed by atoms with Crippen molar-refractivity contribution >= 4 is 23.2 Å². The maximum atomic E-state index is 11.9. The Kier molecular flexibility index (Phi) is 4.36. The molecule has 2 aromatic rings. The zero-order chi connectivity index (χ0) is 13.7. The zero-order valence-corrected chi connectivity index (χ0v) is 11.0. The van der Waals surface area contributed by atoms with Gasteiger partial charge in [0.2, 0.25) is 0 Å². The number of hydrogen-bond donors (Lipinski definition) is 2. The lowest BCUT2D eigenvalue weighted by Gasteiger charge is -2.07. The molecule has 0 aliphatic heterocycles. The number of halogens is 1. The highest BCUT2D eigenvalue weighted by Gasteiger charge is 2.09. The molecule has 1 aromatic carbocycles. The van der Waals surface area contributed by atoms with Crippen LogP contribution in [0, 0.1) is 0 Å². The maximum Gasteiger partial charge on any atom is 0.253 e. The third-order valence-corrected chi connectivity index (χ3v) is 2.89. The average molecular weight is 276 g/mol. The van der Waals surface area contributed by atoms with Crippen LogP contribution in [0.3, 0.4) is 0 Å². The van der Waals surface area contributed by atoms with E-state index in [-0.39, 0.29) is 5.91 Å². The van der Waals surface area contributed by atoms with Crippen LogP contribution in [-0.4, -0.2) is 17.4 Å². The zero-order valence-electron chi connectivity index (χ0n) is 10.3. The third-order valence-electron chi connectivity index (χ3n) is 2.65. The van der Waals surface area contributed by atoms with Crippen molar-refractivity contribution in [3.63, 3.8) is 0 Å². The SMILES string of the molecule is Nc1ccc(Cl)cc1C(=O)NCCc1ccccn1. The third kappa shape index (κ3) is 3.69. The Morgan fingerprint density at radius 1 is 1.32 bits per heavy atom. The lowest BCUT2D eigenvalue weighted by atomic mass is 10.1. The summed E-state index contributed by atoms with van der Waals surface area (Å²) >= 11 is 5.85. The maximum absolute atomic E-state index is 11.9. The number of carbonyl (C=O) groups is 1. The second kappa shape index (κ2) is 6.20. The van der Waals surface area contributed by atoms with Crippen LogP contribution in [0.25, 0.3) is 0 Å². The molecule has 0 unspecified atom stereocenters. The van der Waals surface area contributed by atoms with E-state index >= 15 is 0 Å². The van der Waals surface area contributed by atoms with Gasteiger partial charge < -0.3 is 11.1 Å². The minimum atomic E-state index is -0.226. The first-order valence-corrected chi connectivity index (χ1v) is 6.28. The first-order chi connectivity index (χ1) is 9.16. The van der Waals surface area contributed by atoms with Crippen molar-refractivity contribution in [2.45, 2.75) is 6.42 Å². The van der Waals surface area contributed by atoms with E-state index in [1.54, 1.807) is 24.4 Å². The van der Waals surface area contributed by atoms with E-state index in [1.807, 2.05) is 18.2 Å². The van der Waals surface area contributed by atoms with Crippen molar-refractivity contribution in [2.75, 3.05) is 12.3 Å². The quantitative estimate of drug-likeness (QED) is 0.841. The molecule has 5 heteroatoms. The van der Waals surface area contributed by atoms with E-state index in [0.717, 1.165) is 5.69 Å². The second-order valence-electron chi connectivity index (χ2n) is 4.06. The molecule has 4 nitrogen and oxygen atoms in total. The number of hydrogen-bond acceptors (Lipinski definition) is 3. The normalized spacial score (nSPS) is 10.2. The van der Waals surface area contributed by atoms with E-state index in [9.17, 15) is 4.79 Å². The molecule has 0 spiro atoms. The predicted octanol–water partition coefficient (Wildman–Crippen LogP) is 2.29. The van der Waals surface area contributed by atoms with Gasteiger partial charge in [0, 0.05) is 35.6 Å². The monoisotopic (exact) mass is 275 g/mol. The topological polar surface area (TPSA) is 68.0 Å². The number of nitrogens with two attached hydrogens (primary N) is 1. The number of carbonyl (C=O) groups excluding carboxylic acids is 1. The van der Waals surface area contributed by atoms with Gasteiger partial charge in [-0.05, 0) is 30.3 Å². The number of amides is 1. The molecule has 1 amide bonds. The van der Waals surface area contributed by atoms with Crippen molar-refractivity contribution in [1.29, 1.82) is 0 Å². The van der Waals surface area contributed by atoms with E-state index in [4.69, 9.17) is 17.3 Å². The van der Waals surface area contributed by atoms with Crippen LogP contribution in [-0.2, 0) is 6.42 Å². The van der Waals surface area contributed by atoms with Gasteiger partial charge in [0.05, 0.1) is 5.56 Å². The van der Waals surface area contributed by atoms with Crippen LogP contribution < -0.4 is 11.1 Å². The van der Waals surface area contributed by atoms with Gasteiger partial charge >= 0.3 is 0 Å². The van der Waals surface area contributed by atoms with Gasteiger partial charge in [-0.15, -0.1) is 0 Å². The molecule has 0 atom stereocenters. The molecule has 0 radical (unpaired) electrons. The summed E-state index contributed by atoms with van der Waals surface area (Å²) in [7, 11) is 0. The number of pyridine rings is 1. The summed E-state index contributed by atoms with van der Waals surface area (Å²) in [6.45, 7) is 0.502. The van der Waals surface area contributed by atoms with Crippen molar-refractivity contribution in [1.82, 2.24) is 10.3 Å². The van der Waals surface area contributed by atoms with Crippen molar-refractivity contribution < 1.29 is 4.79 Å². The molecule has 0 aliphatic carbocycles. The molecule has 98 valence electrons. The molecule has 0 saturated carbocycles. The van der Waals surface area contributed by atoms with Gasteiger partial charge in [0.1, 0.15) is 0 Å². The highest BCUT2D eigenvalue weighted by atomic mass is 35.5. The van der Waals surface area contributed by atoms with Crippen molar-refractivity contribution in [3.05, 3.63) is 58.9 Å². The van der Waals surface area contributed by atoms with Crippen LogP contribution in [0.4, 0.5) is 5.69 Å². The van der Waals surface area contributed by atoms with Crippen LogP contribution in [0.2, 0.25) is 5.02 Å². The van der Waals surface area contributed by atoms with Gasteiger partial charge in [0.25, 0.3) is 5.91 Å². The predicted molar refractivity (Wildman–Crippen MR) is 76.1 cm³/mol. The molecule has 1 heterocycles. The van der Waals surface area contributed by atoms with E-state index in [2.05, 4.69) is 10.3 Å². The van der Waals surface area contributed by atoms with Gasteiger partial charge in [-0.25, -0.2) is 0 Å². The Morgan fingerprint density at radius 2 is 2.16 bits per heavy atom. The van der Waals surface area contributed by atoms with Gasteiger partial charge in [0.15, 0.2) is 0 Å². The number of rotatable bonds is 4. The Hall–Kier alpha value is -2.07. The molecule has 0 fully saturated rings. The Morgan fingerprint density at radius 3 is 2.89 bits per heavy atom. The van der Waals surface area contributed by atoms with Gasteiger partial charge in [-0.2, -0.15) is 0 Å². The van der Waals surface area contributed by atoms with Crippen LogP contribution in [0.15, 0.2) is 42.6 Å². The van der Waals surface area contributed by atoms with Crippen molar-refractivity contribution in [2.24, 2.45) is 0 Å². The van der Waals surface area contributed by atoms with Gasteiger partial charge in [-0.1, -0.05) is 17.7 Å². The molecule has 0 saturated heterocycles. The number of nitrogen functional groups attached to an aromatic ring is 1. The second-order valence-corrected chi connectivity index (χ2v) is 4.49. The smallest absolute Gasteiger partial charge is 0.253 e. The highest BCUT2D eigenvalue weighted by molar-refractivity contribution is 6.31. The molecule has 3 N–H and O–H groups in total. The largest absolute Gasteiger partial charge is 0.398 e. The fraction of sp³-hybridized carbons (Fsp3) is 0.143. The first-order valence-electron chi connectivity index (χ1n) is 5.90. The summed E-state index contributed by atoms with van der Waals surface area (Å²) in [5.41, 5.74) is 7.49. The summed E-state index contributed by atoms with van der Waals surface area (Å²) < 4.78 is 0. The van der Waals surface area contributed by atoms with Crippen LogP contribution >= 0.6 is 11.6 Å². The van der Waals surface area contributed by atoms with Crippen molar-refractivity contribution in [3.8, 4) is 0 Å². The standard InChI is InChI=1S/C14H14ClN3O/c15-10-4-5-13(16)12(9-10)14(19)18-8-6-11-3-1-2-7-17-11/h1-5,7,9H,6,8,16H2,(H,18,19). The summed E-state index contributed by atoms with van der Waals surface area (Å²) in [6.07, 6.45) is 2.40. The van der Waals surface area contributed by atoms with E-state index in [1.165, 1.54) is 0 Å². The molecule has 2 rings (SSSR count). The molecule has 0 bridgehead atoms. The number of anilines is 1. The molecule has 0 aliphatic rings. The lowest BCUT2D eigenvalue weighted by molar-refractivity contribution is 0.0955. The lowest BCUT2D eigenvalue weighted by Crippen LogP contribution is -2.26. The minimum Gasteiger partial charge on any atom is -0.398 e. The first kappa shape index (κ1) is 13.4. The molecular formula is C14H14ClN3O. The number of nitrogens with one attached hydrogen (secondary N) is 1. The number of aromatic nitrogens is 1.